The number of urea groups is 1. The van der Waals surface area contributed by atoms with E-state index in [-0.39, 0.29) is 5.76 Å². The fourth-order valence-corrected chi connectivity index (χ4v) is 4.11. The molecule has 6 nitrogen and oxygen atoms in total. The molecule has 1 saturated heterocycles. The van der Waals surface area contributed by atoms with E-state index in [1.807, 2.05) is 61.5 Å². The number of carbonyl (C=O) groups excluding carboxylic acids is 2. The Hall–Kier alpha value is -3.54. The van der Waals surface area contributed by atoms with Crippen molar-refractivity contribution in [3.8, 4) is 5.75 Å². The van der Waals surface area contributed by atoms with Crippen molar-refractivity contribution in [3.05, 3.63) is 84.3 Å². The molecule has 1 aromatic heterocycles. The number of furan rings is 1. The number of nitrogens with zero attached hydrogens (tertiary/aromatic N) is 2. The van der Waals surface area contributed by atoms with Crippen LogP contribution in [-0.4, -0.2) is 22.6 Å². The molecule has 2 aliphatic heterocycles. The van der Waals surface area contributed by atoms with Crippen molar-refractivity contribution < 1.29 is 18.7 Å². The van der Waals surface area contributed by atoms with Crippen molar-refractivity contribution in [2.75, 3.05) is 4.90 Å². The molecule has 6 heteroatoms. The van der Waals surface area contributed by atoms with Crippen LogP contribution in [0.5, 0.6) is 5.75 Å². The fraction of sp³-hybridized carbons (Fsp3) is 0.182. The summed E-state index contributed by atoms with van der Waals surface area (Å²) in [7, 11) is 0. The molecule has 3 heterocycles. The topological polar surface area (TPSA) is 63.0 Å². The van der Waals surface area contributed by atoms with Crippen LogP contribution in [0.25, 0.3) is 0 Å². The van der Waals surface area contributed by atoms with E-state index in [2.05, 4.69) is 0 Å². The standard InChI is InChI=1S/C22H18N2O4/c1-22-14-17(16-10-5-6-11-18(16)28-22)23(20(25)19-12-7-13-27-19)21(26)24(22)15-8-3-2-4-9-15/h2-13,17H,14H2,1H3/t17-,22+/m1/s1. The number of hydrogen-bond acceptors (Lipinski definition) is 4. The SMILES string of the molecule is C[C@@]12C[C@H](c3ccccc3O1)N(C(=O)c1ccco1)C(=O)N2c1ccccc1. The molecule has 2 atom stereocenters. The van der Waals surface area contributed by atoms with Gasteiger partial charge in [0, 0.05) is 17.7 Å². The predicted molar refractivity (Wildman–Crippen MR) is 102 cm³/mol. The van der Waals surface area contributed by atoms with Crippen LogP contribution in [0.3, 0.4) is 0 Å². The van der Waals surface area contributed by atoms with Crippen LogP contribution in [0.15, 0.2) is 77.4 Å². The summed E-state index contributed by atoms with van der Waals surface area (Å²) >= 11 is 0. The highest BCUT2D eigenvalue weighted by Crippen LogP contribution is 2.49. The van der Waals surface area contributed by atoms with Crippen molar-refractivity contribution in [3.63, 3.8) is 0 Å². The first-order valence-corrected chi connectivity index (χ1v) is 9.13. The van der Waals surface area contributed by atoms with E-state index in [9.17, 15) is 9.59 Å². The number of hydrogen-bond donors (Lipinski definition) is 0. The van der Waals surface area contributed by atoms with Gasteiger partial charge < -0.3 is 9.15 Å². The Bertz CT molecular complexity index is 1050. The van der Waals surface area contributed by atoms with Crippen LogP contribution in [0.1, 0.15) is 35.5 Å². The summed E-state index contributed by atoms with van der Waals surface area (Å²) in [5, 5.41) is 0. The molecule has 2 aromatic carbocycles. The van der Waals surface area contributed by atoms with E-state index in [1.165, 1.54) is 11.2 Å². The van der Waals surface area contributed by atoms with Gasteiger partial charge in [-0.05, 0) is 37.3 Å². The molecule has 0 spiro atoms. The van der Waals surface area contributed by atoms with Gasteiger partial charge in [-0.3, -0.25) is 9.69 Å². The number of fused-ring (bicyclic) bond motifs is 4. The maximum Gasteiger partial charge on any atom is 0.335 e. The lowest BCUT2D eigenvalue weighted by atomic mass is 9.88. The smallest absolute Gasteiger partial charge is 0.335 e. The maximum atomic E-state index is 13.6. The molecular weight excluding hydrogens is 356 g/mol. The molecule has 2 bridgehead atoms. The van der Waals surface area contributed by atoms with E-state index in [1.54, 1.807) is 17.0 Å². The maximum absolute atomic E-state index is 13.6. The normalized spacial score (nSPS) is 23.2. The van der Waals surface area contributed by atoms with E-state index in [0.29, 0.717) is 17.9 Å². The Morgan fingerprint density at radius 3 is 2.54 bits per heavy atom. The van der Waals surface area contributed by atoms with E-state index in [0.717, 1.165) is 5.56 Å². The summed E-state index contributed by atoms with van der Waals surface area (Å²) < 4.78 is 11.6. The summed E-state index contributed by atoms with van der Waals surface area (Å²) in [6.07, 6.45) is 1.88. The van der Waals surface area contributed by atoms with Gasteiger partial charge in [-0.1, -0.05) is 36.4 Å². The molecule has 3 aromatic rings. The first-order valence-electron chi connectivity index (χ1n) is 9.13. The van der Waals surface area contributed by atoms with Crippen LogP contribution in [0.2, 0.25) is 0 Å². The molecule has 0 unspecified atom stereocenters. The first kappa shape index (κ1) is 16.6. The minimum atomic E-state index is -0.905. The van der Waals surface area contributed by atoms with Gasteiger partial charge in [0.1, 0.15) is 5.75 Å². The lowest BCUT2D eigenvalue weighted by molar-refractivity contribution is 0.00174. The van der Waals surface area contributed by atoms with Crippen LogP contribution >= 0.6 is 0 Å². The zero-order chi connectivity index (χ0) is 19.3. The number of benzene rings is 2. The Morgan fingerprint density at radius 2 is 1.79 bits per heavy atom. The molecule has 0 aliphatic carbocycles. The van der Waals surface area contributed by atoms with Gasteiger partial charge in [0.25, 0.3) is 5.91 Å². The predicted octanol–water partition coefficient (Wildman–Crippen LogP) is 4.60. The lowest BCUT2D eigenvalue weighted by Gasteiger charge is -2.53. The summed E-state index contributed by atoms with van der Waals surface area (Å²) in [6, 6.07) is 19.1. The highest BCUT2D eigenvalue weighted by Gasteiger charge is 2.55. The Labute approximate surface area is 161 Å². The number of para-hydroxylation sites is 2. The highest BCUT2D eigenvalue weighted by molar-refractivity contribution is 6.09. The van der Waals surface area contributed by atoms with Gasteiger partial charge in [-0.15, -0.1) is 0 Å². The van der Waals surface area contributed by atoms with E-state index in [4.69, 9.17) is 9.15 Å². The molecule has 5 rings (SSSR count). The molecule has 0 saturated carbocycles. The summed E-state index contributed by atoms with van der Waals surface area (Å²) in [6.45, 7) is 1.88. The monoisotopic (exact) mass is 374 g/mol. The third-order valence-electron chi connectivity index (χ3n) is 5.33. The highest BCUT2D eigenvalue weighted by atomic mass is 16.5. The Balaban J connectivity index is 1.69. The average Bonchev–Trinajstić information content (AvgIpc) is 3.23. The van der Waals surface area contributed by atoms with Crippen molar-refractivity contribution >= 4 is 17.6 Å². The number of amides is 3. The molecule has 0 radical (unpaired) electrons. The Kier molecular flexibility index (Phi) is 3.55. The molecular formula is C22H18N2O4. The zero-order valence-corrected chi connectivity index (χ0v) is 15.2. The second-order valence-corrected chi connectivity index (χ2v) is 7.14. The molecule has 3 amide bonds. The summed E-state index contributed by atoms with van der Waals surface area (Å²) in [5.41, 5.74) is 0.586. The summed E-state index contributed by atoms with van der Waals surface area (Å²) in [5.74, 6) is 0.348. The van der Waals surface area contributed by atoms with Gasteiger partial charge >= 0.3 is 6.03 Å². The minimum absolute atomic E-state index is 0.133. The van der Waals surface area contributed by atoms with Gasteiger partial charge in [-0.2, -0.15) is 0 Å². The minimum Gasteiger partial charge on any atom is -0.467 e. The summed E-state index contributed by atoms with van der Waals surface area (Å²) in [4.78, 5) is 29.6. The largest absolute Gasteiger partial charge is 0.467 e. The molecule has 28 heavy (non-hydrogen) atoms. The lowest BCUT2D eigenvalue weighted by Crippen LogP contribution is -2.67. The van der Waals surface area contributed by atoms with Crippen molar-refractivity contribution in [1.82, 2.24) is 4.90 Å². The van der Waals surface area contributed by atoms with Gasteiger partial charge in [0.05, 0.1) is 12.3 Å². The number of imide groups is 1. The van der Waals surface area contributed by atoms with Crippen LogP contribution in [0, 0.1) is 0 Å². The molecule has 2 aliphatic rings. The third-order valence-corrected chi connectivity index (χ3v) is 5.33. The van der Waals surface area contributed by atoms with Crippen molar-refractivity contribution in [2.45, 2.75) is 25.1 Å². The van der Waals surface area contributed by atoms with Gasteiger partial charge in [0.15, 0.2) is 11.5 Å². The first-order chi connectivity index (χ1) is 13.6. The zero-order valence-electron chi connectivity index (χ0n) is 15.2. The quantitative estimate of drug-likeness (QED) is 0.658. The molecule has 1 fully saturated rings. The number of carbonyl (C=O) groups is 2. The number of ether oxygens (including phenoxy) is 1. The van der Waals surface area contributed by atoms with Gasteiger partial charge in [0.2, 0.25) is 0 Å². The van der Waals surface area contributed by atoms with E-state index >= 15 is 0 Å². The number of anilines is 1. The Morgan fingerprint density at radius 1 is 1.04 bits per heavy atom. The van der Waals surface area contributed by atoms with Crippen molar-refractivity contribution in [2.24, 2.45) is 0 Å². The third kappa shape index (κ3) is 2.34. The molecule has 0 N–H and O–H groups in total. The van der Waals surface area contributed by atoms with Crippen LogP contribution in [-0.2, 0) is 0 Å². The second-order valence-electron chi connectivity index (χ2n) is 7.14. The van der Waals surface area contributed by atoms with E-state index < -0.39 is 23.7 Å². The van der Waals surface area contributed by atoms with Crippen molar-refractivity contribution in [1.29, 1.82) is 0 Å². The van der Waals surface area contributed by atoms with Crippen LogP contribution in [0.4, 0.5) is 10.5 Å². The fourth-order valence-electron chi connectivity index (χ4n) is 4.11. The van der Waals surface area contributed by atoms with Gasteiger partial charge in [-0.25, -0.2) is 9.69 Å². The van der Waals surface area contributed by atoms with Crippen LogP contribution < -0.4 is 9.64 Å². The molecule has 140 valence electrons. The second kappa shape index (κ2) is 5.99. The average molecular weight is 374 g/mol. The number of rotatable bonds is 2.